The van der Waals surface area contributed by atoms with E-state index in [-0.39, 0.29) is 17.2 Å². The van der Waals surface area contributed by atoms with Crippen molar-refractivity contribution < 1.29 is 14.3 Å². The van der Waals surface area contributed by atoms with Crippen molar-refractivity contribution in [3.63, 3.8) is 0 Å². The highest BCUT2D eigenvalue weighted by atomic mass is 32.2. The van der Waals surface area contributed by atoms with Gasteiger partial charge >= 0.3 is 5.97 Å². The maximum Gasteiger partial charge on any atom is 0.337 e. The van der Waals surface area contributed by atoms with E-state index in [1.807, 2.05) is 61.5 Å². The minimum atomic E-state index is -0.506. The van der Waals surface area contributed by atoms with Crippen LogP contribution in [-0.4, -0.2) is 34.3 Å². The highest BCUT2D eigenvalue weighted by Crippen LogP contribution is 2.20. The van der Waals surface area contributed by atoms with Crippen molar-refractivity contribution in [1.82, 2.24) is 9.55 Å². The smallest absolute Gasteiger partial charge is 0.337 e. The maximum atomic E-state index is 13.4. The topological polar surface area (TPSA) is 90.3 Å². The van der Waals surface area contributed by atoms with Crippen LogP contribution in [0.5, 0.6) is 0 Å². The van der Waals surface area contributed by atoms with Crippen LogP contribution >= 0.6 is 11.8 Å². The molecule has 0 radical (unpaired) electrons. The lowest BCUT2D eigenvalue weighted by Gasteiger charge is -2.14. The normalized spacial score (nSPS) is 10.8. The van der Waals surface area contributed by atoms with Gasteiger partial charge in [0.05, 0.1) is 29.3 Å². The Kier molecular flexibility index (Phi) is 7.62. The predicted molar refractivity (Wildman–Crippen MR) is 138 cm³/mol. The Bertz CT molecular complexity index is 1420. The number of hydrogen-bond acceptors (Lipinski definition) is 6. The van der Waals surface area contributed by atoms with Crippen LogP contribution in [0.4, 0.5) is 5.69 Å². The van der Waals surface area contributed by atoms with E-state index in [0.717, 1.165) is 11.1 Å². The number of carbonyl (C=O) groups is 2. The SMILES string of the molecule is COC(=O)c1ccc2c(=O)n(CCc3ccccc3)c(SCC(=O)Nc3ccc(C)cc3)nc2c1. The molecule has 7 nitrogen and oxygen atoms in total. The van der Waals surface area contributed by atoms with Crippen LogP contribution in [0.15, 0.2) is 82.7 Å². The molecule has 0 aliphatic carbocycles. The first-order valence-corrected chi connectivity index (χ1v) is 12.1. The minimum Gasteiger partial charge on any atom is -0.465 e. The summed E-state index contributed by atoms with van der Waals surface area (Å²) in [4.78, 5) is 42.6. The molecule has 4 rings (SSSR count). The Hall–Kier alpha value is -3.91. The molecule has 0 atom stereocenters. The average molecular weight is 488 g/mol. The number of amides is 1. The Morgan fingerprint density at radius 2 is 1.77 bits per heavy atom. The second kappa shape index (κ2) is 11.0. The highest BCUT2D eigenvalue weighted by molar-refractivity contribution is 7.99. The number of methoxy groups -OCH3 is 1. The molecule has 178 valence electrons. The zero-order valence-corrected chi connectivity index (χ0v) is 20.3. The Morgan fingerprint density at radius 3 is 2.49 bits per heavy atom. The molecule has 4 aromatic rings. The van der Waals surface area contributed by atoms with Gasteiger partial charge in [-0.3, -0.25) is 14.2 Å². The minimum absolute atomic E-state index is 0.0772. The molecule has 35 heavy (non-hydrogen) atoms. The molecule has 0 aliphatic heterocycles. The van der Waals surface area contributed by atoms with Crippen LogP contribution < -0.4 is 10.9 Å². The molecule has 0 unspecified atom stereocenters. The van der Waals surface area contributed by atoms with Gasteiger partial charge < -0.3 is 10.1 Å². The second-order valence-corrected chi connectivity index (χ2v) is 8.96. The third-order valence-corrected chi connectivity index (χ3v) is 6.45. The summed E-state index contributed by atoms with van der Waals surface area (Å²) in [6.07, 6.45) is 0.636. The number of benzene rings is 3. The predicted octanol–water partition coefficient (Wildman–Crippen LogP) is 4.47. The van der Waals surface area contributed by atoms with E-state index >= 15 is 0 Å². The number of aryl methyl sites for hydroxylation is 2. The molecule has 0 spiro atoms. The van der Waals surface area contributed by atoms with Crippen molar-refractivity contribution in [2.24, 2.45) is 0 Å². The molecule has 0 saturated carbocycles. The first-order chi connectivity index (χ1) is 16.9. The Labute approximate surface area is 207 Å². The number of rotatable bonds is 8. The van der Waals surface area contributed by atoms with Gasteiger partial charge in [0.15, 0.2) is 5.16 Å². The molecular weight excluding hydrogens is 462 g/mol. The fourth-order valence-corrected chi connectivity index (χ4v) is 4.43. The van der Waals surface area contributed by atoms with Crippen LogP contribution in [0.1, 0.15) is 21.5 Å². The molecule has 0 saturated heterocycles. The van der Waals surface area contributed by atoms with Crippen LogP contribution in [0.3, 0.4) is 0 Å². The van der Waals surface area contributed by atoms with Crippen molar-refractivity contribution in [3.05, 3.63) is 99.8 Å². The van der Waals surface area contributed by atoms with Crippen molar-refractivity contribution in [3.8, 4) is 0 Å². The zero-order valence-electron chi connectivity index (χ0n) is 19.5. The third-order valence-electron chi connectivity index (χ3n) is 5.48. The number of thioether (sulfide) groups is 1. The van der Waals surface area contributed by atoms with Crippen molar-refractivity contribution in [2.75, 3.05) is 18.2 Å². The Balaban J connectivity index is 1.63. The van der Waals surface area contributed by atoms with Crippen LogP contribution in [-0.2, 0) is 22.5 Å². The van der Waals surface area contributed by atoms with E-state index in [1.54, 1.807) is 22.8 Å². The summed E-state index contributed by atoms with van der Waals surface area (Å²) in [5.74, 6) is -0.631. The summed E-state index contributed by atoms with van der Waals surface area (Å²) in [5, 5.41) is 3.68. The number of aromatic nitrogens is 2. The van der Waals surface area contributed by atoms with Gasteiger partial charge in [-0.2, -0.15) is 0 Å². The van der Waals surface area contributed by atoms with Crippen molar-refractivity contribution in [1.29, 1.82) is 0 Å². The van der Waals surface area contributed by atoms with Gasteiger partial charge in [0.1, 0.15) is 0 Å². The number of ether oxygens (including phenoxy) is 1. The maximum absolute atomic E-state index is 13.4. The molecule has 0 aliphatic rings. The van der Waals surface area contributed by atoms with Gasteiger partial charge in [-0.25, -0.2) is 9.78 Å². The number of hydrogen-bond donors (Lipinski definition) is 1. The van der Waals surface area contributed by atoms with Gasteiger partial charge in [0.2, 0.25) is 5.91 Å². The number of nitrogens with one attached hydrogen (secondary N) is 1. The van der Waals surface area contributed by atoms with Gasteiger partial charge in [-0.05, 0) is 49.2 Å². The van der Waals surface area contributed by atoms with E-state index in [1.165, 1.54) is 18.9 Å². The van der Waals surface area contributed by atoms with E-state index in [2.05, 4.69) is 10.3 Å². The van der Waals surface area contributed by atoms with Crippen LogP contribution in [0, 0.1) is 6.92 Å². The Morgan fingerprint density at radius 1 is 1.03 bits per heavy atom. The summed E-state index contributed by atoms with van der Waals surface area (Å²) in [6, 6.07) is 22.1. The zero-order chi connectivity index (χ0) is 24.8. The third kappa shape index (κ3) is 5.96. The van der Waals surface area contributed by atoms with Gasteiger partial charge in [-0.1, -0.05) is 59.8 Å². The number of anilines is 1. The number of carbonyl (C=O) groups excluding carboxylic acids is 2. The fourth-order valence-electron chi connectivity index (χ4n) is 3.60. The summed E-state index contributed by atoms with van der Waals surface area (Å²) in [7, 11) is 1.30. The molecule has 1 amide bonds. The molecule has 3 aromatic carbocycles. The van der Waals surface area contributed by atoms with E-state index in [9.17, 15) is 14.4 Å². The van der Waals surface area contributed by atoms with E-state index < -0.39 is 5.97 Å². The lowest BCUT2D eigenvalue weighted by Crippen LogP contribution is -2.25. The molecular formula is C27H25N3O4S. The molecule has 1 N–H and O–H groups in total. The summed E-state index contributed by atoms with van der Waals surface area (Å²) >= 11 is 1.19. The highest BCUT2D eigenvalue weighted by Gasteiger charge is 2.16. The lowest BCUT2D eigenvalue weighted by molar-refractivity contribution is -0.113. The fraction of sp³-hybridized carbons (Fsp3) is 0.185. The second-order valence-electron chi connectivity index (χ2n) is 8.01. The van der Waals surface area contributed by atoms with Gasteiger partial charge in [-0.15, -0.1) is 0 Å². The van der Waals surface area contributed by atoms with Crippen LogP contribution in [0.2, 0.25) is 0 Å². The van der Waals surface area contributed by atoms with E-state index in [4.69, 9.17) is 4.74 Å². The largest absolute Gasteiger partial charge is 0.465 e. The standard InChI is InChI=1S/C27H25N3O4S/c1-18-8-11-21(12-9-18)28-24(31)17-35-27-29-23-16-20(26(33)34-2)10-13-22(23)25(32)30(27)15-14-19-6-4-3-5-7-19/h3-13,16H,14-15,17H2,1-2H3,(H,28,31). The van der Waals surface area contributed by atoms with E-state index in [0.29, 0.717) is 40.3 Å². The van der Waals surface area contributed by atoms with Crippen molar-refractivity contribution >= 4 is 40.2 Å². The number of fused-ring (bicyclic) bond motifs is 1. The first kappa shape index (κ1) is 24.2. The summed E-state index contributed by atoms with van der Waals surface area (Å²) in [6.45, 7) is 2.39. The summed E-state index contributed by atoms with van der Waals surface area (Å²) < 4.78 is 6.39. The molecule has 0 bridgehead atoms. The molecule has 1 heterocycles. The summed E-state index contributed by atoms with van der Waals surface area (Å²) in [5.41, 5.74) is 3.37. The van der Waals surface area contributed by atoms with Gasteiger partial charge in [0, 0.05) is 12.2 Å². The lowest BCUT2D eigenvalue weighted by atomic mass is 10.1. The number of nitrogens with zero attached hydrogens (tertiary/aromatic N) is 2. The number of esters is 1. The quantitative estimate of drug-likeness (QED) is 0.224. The first-order valence-electron chi connectivity index (χ1n) is 11.1. The molecule has 1 aromatic heterocycles. The molecule has 0 fully saturated rings. The van der Waals surface area contributed by atoms with Crippen LogP contribution in [0.25, 0.3) is 10.9 Å². The molecule has 8 heteroatoms. The average Bonchev–Trinajstić information content (AvgIpc) is 2.88. The monoisotopic (exact) mass is 487 g/mol. The van der Waals surface area contributed by atoms with Crippen molar-refractivity contribution in [2.45, 2.75) is 25.0 Å². The van der Waals surface area contributed by atoms with Gasteiger partial charge in [0.25, 0.3) is 5.56 Å².